The zero-order valence-corrected chi connectivity index (χ0v) is 11.3. The van der Waals surface area contributed by atoms with Crippen LogP contribution in [0.1, 0.15) is 11.5 Å². The van der Waals surface area contributed by atoms with Gasteiger partial charge in [0.1, 0.15) is 6.33 Å². The number of nitrogens with zero attached hydrogens (tertiary/aromatic N) is 3. The maximum absolute atomic E-state index is 6.34. The largest absolute Gasteiger partial charge is 0.356 e. The predicted octanol–water partition coefficient (Wildman–Crippen LogP) is 2.24. The van der Waals surface area contributed by atoms with Gasteiger partial charge in [-0.1, -0.05) is 29.8 Å². The number of aryl methyl sites for hydroxylation is 1. The van der Waals surface area contributed by atoms with Crippen molar-refractivity contribution in [2.75, 3.05) is 0 Å². The molecule has 98 valence electrons. The minimum Gasteiger partial charge on any atom is -0.356 e. The first-order valence-corrected chi connectivity index (χ1v) is 6.42. The first-order valence-electron chi connectivity index (χ1n) is 6.04. The Balaban J connectivity index is 1.70. The summed E-state index contributed by atoms with van der Waals surface area (Å²) >= 11 is 6.34. The van der Waals surface area contributed by atoms with E-state index in [0.717, 1.165) is 27.4 Å². The maximum Gasteiger partial charge on any atom is 0.164 e. The number of hydrogen-bond donors (Lipinski definition) is 2. The van der Waals surface area contributed by atoms with E-state index in [-0.39, 0.29) is 0 Å². The van der Waals surface area contributed by atoms with Gasteiger partial charge in [-0.2, -0.15) is 5.10 Å². The van der Waals surface area contributed by atoms with E-state index in [1.165, 1.54) is 0 Å². The molecular formula is C13H14ClN5. The fourth-order valence-electron chi connectivity index (χ4n) is 2.05. The number of fused-ring (bicyclic) bond motifs is 1. The molecule has 0 aliphatic carbocycles. The molecule has 3 aromatic rings. The highest BCUT2D eigenvalue weighted by molar-refractivity contribution is 6.36. The monoisotopic (exact) mass is 275 g/mol. The highest BCUT2D eigenvalue weighted by atomic mass is 35.5. The second-order valence-electron chi connectivity index (χ2n) is 4.40. The van der Waals surface area contributed by atoms with Crippen molar-refractivity contribution >= 4 is 22.5 Å². The second-order valence-corrected chi connectivity index (χ2v) is 4.78. The summed E-state index contributed by atoms with van der Waals surface area (Å²) in [6, 6.07) is 8.00. The molecule has 2 heterocycles. The van der Waals surface area contributed by atoms with Gasteiger partial charge in [-0.3, -0.25) is 4.68 Å². The first kappa shape index (κ1) is 12.2. The van der Waals surface area contributed by atoms with Crippen molar-refractivity contribution in [3.8, 4) is 0 Å². The lowest BCUT2D eigenvalue weighted by molar-refractivity contribution is 0.643. The molecule has 0 bridgehead atoms. The van der Waals surface area contributed by atoms with Gasteiger partial charge in [-0.25, -0.2) is 4.98 Å². The summed E-state index contributed by atoms with van der Waals surface area (Å²) in [5, 5.41) is 9.31. The van der Waals surface area contributed by atoms with Gasteiger partial charge in [0.2, 0.25) is 0 Å². The normalized spacial score (nSPS) is 11.3. The third-order valence-corrected chi connectivity index (χ3v) is 3.38. The molecule has 5 nitrogen and oxygen atoms in total. The average Bonchev–Trinajstić information content (AvgIpc) is 2.96. The summed E-state index contributed by atoms with van der Waals surface area (Å²) in [6.45, 7) is 1.28. The van der Waals surface area contributed by atoms with Crippen LogP contribution in [-0.2, 0) is 20.1 Å². The third-order valence-electron chi connectivity index (χ3n) is 2.95. The maximum atomic E-state index is 6.34. The first-order chi connectivity index (χ1) is 9.24. The molecule has 0 saturated heterocycles. The molecule has 0 atom stereocenters. The van der Waals surface area contributed by atoms with Gasteiger partial charge in [0.05, 0.1) is 11.6 Å². The van der Waals surface area contributed by atoms with Crippen LogP contribution in [0.25, 0.3) is 10.9 Å². The van der Waals surface area contributed by atoms with Gasteiger partial charge in [-0.15, -0.1) is 0 Å². The molecule has 6 heteroatoms. The van der Waals surface area contributed by atoms with E-state index < -0.39 is 0 Å². The standard InChI is InChI=1S/C13H14ClN5/c1-19-8-16-12(18-19)7-15-6-11-13(14)9-4-2-3-5-10(9)17-11/h2-5,8,15,17H,6-7H2,1H3. The molecule has 0 radical (unpaired) electrons. The van der Waals surface area contributed by atoms with Gasteiger partial charge in [0.25, 0.3) is 0 Å². The summed E-state index contributed by atoms with van der Waals surface area (Å²) in [6.07, 6.45) is 1.69. The van der Waals surface area contributed by atoms with Gasteiger partial charge >= 0.3 is 0 Å². The molecule has 0 aliphatic heterocycles. The summed E-state index contributed by atoms with van der Waals surface area (Å²) in [5.41, 5.74) is 2.04. The second kappa shape index (κ2) is 5.03. The number of aromatic amines is 1. The van der Waals surface area contributed by atoms with E-state index in [4.69, 9.17) is 11.6 Å². The molecule has 2 aromatic heterocycles. The fraction of sp³-hybridized carbons (Fsp3) is 0.231. The lowest BCUT2D eigenvalue weighted by atomic mass is 10.2. The zero-order valence-electron chi connectivity index (χ0n) is 10.5. The van der Waals surface area contributed by atoms with Crippen molar-refractivity contribution in [2.45, 2.75) is 13.1 Å². The van der Waals surface area contributed by atoms with Crippen LogP contribution in [0.2, 0.25) is 5.02 Å². The molecule has 2 N–H and O–H groups in total. The molecule has 0 amide bonds. The van der Waals surface area contributed by atoms with Crippen molar-refractivity contribution in [1.29, 1.82) is 0 Å². The number of H-pyrrole nitrogens is 1. The van der Waals surface area contributed by atoms with E-state index in [1.807, 2.05) is 31.3 Å². The fourth-order valence-corrected chi connectivity index (χ4v) is 2.33. The number of hydrogen-bond acceptors (Lipinski definition) is 3. The quantitative estimate of drug-likeness (QED) is 0.768. The molecule has 0 aliphatic rings. The summed E-state index contributed by atoms with van der Waals surface area (Å²) in [4.78, 5) is 7.47. The van der Waals surface area contributed by atoms with Crippen LogP contribution in [0.15, 0.2) is 30.6 Å². The van der Waals surface area contributed by atoms with E-state index in [2.05, 4.69) is 20.4 Å². The zero-order chi connectivity index (χ0) is 13.2. The number of aromatic nitrogens is 4. The van der Waals surface area contributed by atoms with Crippen LogP contribution in [0.3, 0.4) is 0 Å². The summed E-state index contributed by atoms with van der Waals surface area (Å²) < 4.78 is 1.69. The highest BCUT2D eigenvalue weighted by Gasteiger charge is 2.08. The molecule has 0 fully saturated rings. The van der Waals surface area contributed by atoms with Gasteiger partial charge in [0, 0.05) is 30.2 Å². The number of rotatable bonds is 4. The minimum absolute atomic E-state index is 0.618. The molecule has 19 heavy (non-hydrogen) atoms. The van der Waals surface area contributed by atoms with Crippen LogP contribution in [-0.4, -0.2) is 19.7 Å². The van der Waals surface area contributed by atoms with Gasteiger partial charge in [-0.05, 0) is 6.07 Å². The van der Waals surface area contributed by atoms with Crippen molar-refractivity contribution in [3.63, 3.8) is 0 Å². The molecule has 0 unspecified atom stereocenters. The van der Waals surface area contributed by atoms with Crippen LogP contribution >= 0.6 is 11.6 Å². The Kier molecular flexibility index (Phi) is 3.23. The van der Waals surface area contributed by atoms with E-state index in [1.54, 1.807) is 11.0 Å². The van der Waals surface area contributed by atoms with Gasteiger partial charge < -0.3 is 10.3 Å². The smallest absolute Gasteiger partial charge is 0.164 e. The Hall–Kier alpha value is -1.85. The van der Waals surface area contributed by atoms with Crippen molar-refractivity contribution in [3.05, 3.63) is 47.1 Å². The Morgan fingerprint density at radius 2 is 2.16 bits per heavy atom. The topological polar surface area (TPSA) is 58.5 Å². The highest BCUT2D eigenvalue weighted by Crippen LogP contribution is 2.26. The van der Waals surface area contributed by atoms with Crippen LogP contribution in [0.4, 0.5) is 0 Å². The van der Waals surface area contributed by atoms with Crippen LogP contribution < -0.4 is 5.32 Å². The molecule has 3 rings (SSSR count). The number of para-hydroxylation sites is 1. The number of nitrogens with one attached hydrogen (secondary N) is 2. The SMILES string of the molecule is Cn1cnc(CNCc2[nH]c3ccccc3c2Cl)n1. The van der Waals surface area contributed by atoms with Gasteiger partial charge in [0.15, 0.2) is 5.82 Å². The summed E-state index contributed by atoms with van der Waals surface area (Å²) in [5.74, 6) is 0.773. The summed E-state index contributed by atoms with van der Waals surface area (Å²) in [7, 11) is 1.85. The molecule has 0 saturated carbocycles. The van der Waals surface area contributed by atoms with Crippen LogP contribution in [0, 0.1) is 0 Å². The van der Waals surface area contributed by atoms with Crippen molar-refractivity contribution < 1.29 is 0 Å². The molecular weight excluding hydrogens is 262 g/mol. The molecule has 0 spiro atoms. The van der Waals surface area contributed by atoms with Crippen molar-refractivity contribution in [2.24, 2.45) is 7.05 Å². The van der Waals surface area contributed by atoms with E-state index in [0.29, 0.717) is 13.1 Å². The lowest BCUT2D eigenvalue weighted by Crippen LogP contribution is -2.14. The van der Waals surface area contributed by atoms with E-state index in [9.17, 15) is 0 Å². The Morgan fingerprint density at radius 3 is 2.89 bits per heavy atom. The Bertz CT molecular complexity index is 700. The van der Waals surface area contributed by atoms with Crippen molar-refractivity contribution in [1.82, 2.24) is 25.1 Å². The minimum atomic E-state index is 0.618. The number of halogens is 1. The molecule has 1 aromatic carbocycles. The van der Waals surface area contributed by atoms with E-state index >= 15 is 0 Å². The average molecular weight is 276 g/mol. The Labute approximate surface area is 115 Å². The Morgan fingerprint density at radius 1 is 1.32 bits per heavy atom. The lowest BCUT2D eigenvalue weighted by Gasteiger charge is -2.00. The predicted molar refractivity (Wildman–Crippen MR) is 74.9 cm³/mol. The third kappa shape index (κ3) is 2.47. The number of benzene rings is 1. The van der Waals surface area contributed by atoms with Crippen LogP contribution in [0.5, 0.6) is 0 Å².